The van der Waals surface area contributed by atoms with Crippen molar-refractivity contribution < 1.29 is 14.3 Å². The Morgan fingerprint density at radius 3 is 1.87 bits per heavy atom. The van der Waals surface area contributed by atoms with Gasteiger partial charge in [0.15, 0.2) is 5.79 Å². The second-order valence-electron chi connectivity index (χ2n) is 9.84. The smallest absolute Gasteiger partial charge is 0.228 e. The Morgan fingerprint density at radius 2 is 1.39 bits per heavy atom. The van der Waals surface area contributed by atoms with E-state index in [9.17, 15) is 4.79 Å². The quantitative estimate of drug-likeness (QED) is 0.746. The Balaban J connectivity index is 1.27. The van der Waals surface area contributed by atoms with Crippen LogP contribution in [0.25, 0.3) is 0 Å². The van der Waals surface area contributed by atoms with Gasteiger partial charge in [0.05, 0.1) is 24.0 Å². The molecule has 0 radical (unpaired) electrons. The van der Waals surface area contributed by atoms with Crippen molar-refractivity contribution in [2.45, 2.75) is 58.2 Å². The third-order valence-electron chi connectivity index (χ3n) is 7.28. The molecule has 4 saturated carbocycles. The van der Waals surface area contributed by atoms with Gasteiger partial charge in [-0.25, -0.2) is 0 Å². The van der Waals surface area contributed by atoms with Gasteiger partial charge < -0.3 is 14.4 Å². The molecular weight excluding hydrogens is 290 g/mol. The molecule has 6 aliphatic rings. The van der Waals surface area contributed by atoms with Crippen LogP contribution in [0.3, 0.4) is 0 Å². The summed E-state index contributed by atoms with van der Waals surface area (Å²) < 4.78 is 11.7. The number of likely N-dealkylation sites (tertiary alicyclic amines) is 1. The largest absolute Gasteiger partial charge is 0.350 e. The number of rotatable bonds is 1. The lowest BCUT2D eigenvalue weighted by Gasteiger charge is -2.60. The molecule has 2 saturated heterocycles. The van der Waals surface area contributed by atoms with Crippen LogP contribution in [-0.2, 0) is 14.3 Å². The predicted molar refractivity (Wildman–Crippen MR) is 85.6 cm³/mol. The molecule has 0 aromatic carbocycles. The van der Waals surface area contributed by atoms with Gasteiger partial charge in [0.2, 0.25) is 5.91 Å². The van der Waals surface area contributed by atoms with Crippen LogP contribution in [0.5, 0.6) is 0 Å². The summed E-state index contributed by atoms with van der Waals surface area (Å²) >= 11 is 0. The van der Waals surface area contributed by atoms with Gasteiger partial charge in [0.1, 0.15) is 0 Å². The van der Waals surface area contributed by atoms with Crippen molar-refractivity contribution in [3.05, 3.63) is 0 Å². The second kappa shape index (κ2) is 4.51. The monoisotopic (exact) mass is 319 g/mol. The van der Waals surface area contributed by atoms with Crippen LogP contribution in [0, 0.1) is 28.6 Å². The Bertz CT molecular complexity index is 487. The van der Waals surface area contributed by atoms with E-state index < -0.39 is 5.79 Å². The van der Waals surface area contributed by atoms with Crippen molar-refractivity contribution >= 4 is 5.91 Å². The maximum Gasteiger partial charge on any atom is 0.228 e. The van der Waals surface area contributed by atoms with Gasteiger partial charge in [0, 0.05) is 13.1 Å². The summed E-state index contributed by atoms with van der Waals surface area (Å²) in [7, 11) is 0. The predicted octanol–water partition coefficient (Wildman–Crippen LogP) is 2.81. The highest BCUT2D eigenvalue weighted by atomic mass is 16.7. The molecule has 23 heavy (non-hydrogen) atoms. The summed E-state index contributed by atoms with van der Waals surface area (Å²) in [6.45, 7) is 7.07. The molecule has 6 fully saturated rings. The average molecular weight is 319 g/mol. The SMILES string of the molecule is CC1(C)OCC2(CO1)CN(C(=O)C13CC4CC(CC(C4)C1)C3)C2. The lowest BCUT2D eigenvalue weighted by molar-refractivity contribution is -0.304. The topological polar surface area (TPSA) is 38.8 Å². The summed E-state index contributed by atoms with van der Waals surface area (Å²) in [4.78, 5) is 15.4. The number of carbonyl (C=O) groups is 1. The highest BCUT2D eigenvalue weighted by Crippen LogP contribution is 2.61. The molecule has 2 aliphatic heterocycles. The maximum atomic E-state index is 13.3. The lowest BCUT2D eigenvalue weighted by Crippen LogP contribution is -2.68. The molecule has 0 unspecified atom stereocenters. The fourth-order valence-electron chi connectivity index (χ4n) is 6.53. The molecule has 4 aliphatic carbocycles. The van der Waals surface area contributed by atoms with E-state index in [1.807, 2.05) is 13.8 Å². The summed E-state index contributed by atoms with van der Waals surface area (Å²) in [6, 6.07) is 0. The maximum absolute atomic E-state index is 13.3. The number of hydrogen-bond acceptors (Lipinski definition) is 3. The fraction of sp³-hybridized carbons (Fsp3) is 0.947. The zero-order valence-electron chi connectivity index (χ0n) is 14.5. The van der Waals surface area contributed by atoms with E-state index in [4.69, 9.17) is 9.47 Å². The van der Waals surface area contributed by atoms with Gasteiger partial charge in [-0.1, -0.05) is 0 Å². The second-order valence-corrected chi connectivity index (χ2v) is 9.84. The van der Waals surface area contributed by atoms with Crippen LogP contribution in [0.15, 0.2) is 0 Å². The molecule has 4 bridgehead atoms. The third kappa shape index (κ3) is 2.21. The minimum atomic E-state index is -0.463. The Morgan fingerprint density at radius 1 is 0.913 bits per heavy atom. The molecule has 1 amide bonds. The van der Waals surface area contributed by atoms with Crippen LogP contribution < -0.4 is 0 Å². The first kappa shape index (κ1) is 14.7. The fourth-order valence-corrected chi connectivity index (χ4v) is 6.53. The molecule has 0 atom stereocenters. The van der Waals surface area contributed by atoms with Gasteiger partial charge in [-0.15, -0.1) is 0 Å². The molecule has 128 valence electrons. The minimum Gasteiger partial charge on any atom is -0.350 e. The van der Waals surface area contributed by atoms with E-state index in [-0.39, 0.29) is 10.8 Å². The Hall–Kier alpha value is -0.610. The molecule has 2 heterocycles. The van der Waals surface area contributed by atoms with Gasteiger partial charge in [-0.05, 0) is 70.1 Å². The Labute approximate surface area is 138 Å². The van der Waals surface area contributed by atoms with Crippen molar-refractivity contribution in [2.75, 3.05) is 26.3 Å². The van der Waals surface area contributed by atoms with E-state index >= 15 is 0 Å². The number of carbonyl (C=O) groups excluding carboxylic acids is 1. The van der Waals surface area contributed by atoms with Crippen molar-refractivity contribution in [3.8, 4) is 0 Å². The summed E-state index contributed by atoms with van der Waals surface area (Å²) in [5.41, 5.74) is 0.0689. The average Bonchev–Trinajstić information content (AvgIpc) is 2.43. The normalized spacial score (nSPS) is 46.0. The van der Waals surface area contributed by atoms with E-state index in [0.29, 0.717) is 5.91 Å². The van der Waals surface area contributed by atoms with Gasteiger partial charge in [-0.2, -0.15) is 0 Å². The summed E-state index contributed by atoms with van der Waals surface area (Å²) in [5, 5.41) is 0. The minimum absolute atomic E-state index is 0.00596. The summed E-state index contributed by atoms with van der Waals surface area (Å²) in [6.07, 6.45) is 7.69. The van der Waals surface area contributed by atoms with Crippen molar-refractivity contribution in [3.63, 3.8) is 0 Å². The first-order valence-corrected chi connectivity index (χ1v) is 9.44. The molecule has 1 spiro atoms. The summed E-state index contributed by atoms with van der Waals surface area (Å²) in [5.74, 6) is 2.51. The van der Waals surface area contributed by atoms with E-state index in [2.05, 4.69) is 4.90 Å². The molecule has 4 nitrogen and oxygen atoms in total. The molecule has 6 rings (SSSR count). The Kier molecular flexibility index (Phi) is 2.89. The van der Waals surface area contributed by atoms with Crippen LogP contribution in [0.1, 0.15) is 52.4 Å². The molecule has 0 aromatic rings. The zero-order valence-corrected chi connectivity index (χ0v) is 14.5. The molecule has 4 heteroatoms. The van der Waals surface area contributed by atoms with Crippen molar-refractivity contribution in [1.29, 1.82) is 0 Å². The van der Waals surface area contributed by atoms with Crippen LogP contribution in [0.2, 0.25) is 0 Å². The molecule has 0 N–H and O–H groups in total. The number of ether oxygens (including phenoxy) is 2. The van der Waals surface area contributed by atoms with Gasteiger partial charge >= 0.3 is 0 Å². The van der Waals surface area contributed by atoms with Gasteiger partial charge in [-0.3, -0.25) is 4.79 Å². The van der Waals surface area contributed by atoms with E-state index in [1.165, 1.54) is 38.5 Å². The lowest BCUT2D eigenvalue weighted by atomic mass is 9.49. The van der Waals surface area contributed by atoms with Crippen LogP contribution in [0.4, 0.5) is 0 Å². The number of hydrogen-bond donors (Lipinski definition) is 0. The molecular formula is C19H29NO3. The highest BCUT2D eigenvalue weighted by molar-refractivity contribution is 5.84. The first-order chi connectivity index (χ1) is 10.9. The standard InChI is InChI=1S/C19H29NO3/c1-17(2)22-11-18(12-23-17)9-20(10-18)16(21)19-6-13-3-14(7-19)5-15(4-13)8-19/h13-15H,3-12H2,1-2H3. The zero-order chi connectivity index (χ0) is 15.9. The van der Waals surface area contributed by atoms with Crippen molar-refractivity contribution in [1.82, 2.24) is 4.90 Å². The first-order valence-electron chi connectivity index (χ1n) is 9.44. The highest BCUT2D eigenvalue weighted by Gasteiger charge is 2.59. The van der Waals surface area contributed by atoms with Crippen LogP contribution >= 0.6 is 0 Å². The molecule has 0 aromatic heterocycles. The number of nitrogens with zero attached hydrogens (tertiary/aromatic N) is 1. The van der Waals surface area contributed by atoms with Crippen LogP contribution in [-0.4, -0.2) is 42.9 Å². The van der Waals surface area contributed by atoms with E-state index in [0.717, 1.165) is 44.1 Å². The number of amides is 1. The third-order valence-corrected chi connectivity index (χ3v) is 7.28. The van der Waals surface area contributed by atoms with Gasteiger partial charge in [0.25, 0.3) is 0 Å². The van der Waals surface area contributed by atoms with E-state index in [1.54, 1.807) is 0 Å². The van der Waals surface area contributed by atoms with Crippen molar-refractivity contribution in [2.24, 2.45) is 28.6 Å².